The number of nitrogens with two attached hydrogens (primary N) is 1. The molecule has 1 aromatic carbocycles. The first-order valence-corrected chi connectivity index (χ1v) is 16.1. The highest BCUT2D eigenvalue weighted by molar-refractivity contribution is 5.70. The molecule has 0 heterocycles. The van der Waals surface area contributed by atoms with Gasteiger partial charge in [-0.15, -0.1) is 0 Å². The first-order chi connectivity index (χ1) is 21.6. The molecule has 0 atom stereocenters. The third kappa shape index (κ3) is 21.5. The number of hydrogen-bond donors (Lipinski definition) is 5. The predicted octanol–water partition coefficient (Wildman–Crippen LogP) is 7.37. The minimum absolute atomic E-state index is 0.0289. The lowest BCUT2D eigenvalue weighted by Crippen LogP contribution is -2.27. The number of carboxylic acid groups (broad SMARTS) is 1. The molecule has 0 radical (unpaired) electrons. The molecule has 6 N–H and O–H groups in total. The molecule has 1 aliphatic carbocycles. The molecule has 1 aromatic rings. The molecule has 0 aromatic heterocycles. The van der Waals surface area contributed by atoms with E-state index in [2.05, 4.69) is 22.9 Å². The molecule has 1 fully saturated rings. The minimum Gasteiger partial charge on any atom is -0.481 e. The fourth-order valence-corrected chi connectivity index (χ4v) is 4.27. The van der Waals surface area contributed by atoms with Gasteiger partial charge in [-0.25, -0.2) is 4.79 Å². The summed E-state index contributed by atoms with van der Waals surface area (Å²) in [5.74, 6) is -0.631. The number of carbonyl (C=O) groups excluding carboxylic acids is 2. The van der Waals surface area contributed by atoms with E-state index in [1.165, 1.54) is 6.42 Å². The van der Waals surface area contributed by atoms with E-state index in [0.717, 1.165) is 72.9 Å². The zero-order valence-corrected chi connectivity index (χ0v) is 29.0. The number of hydrogen-bond acceptors (Lipinski definition) is 6. The SMILES string of the molecule is CC.CC/C=C(C)/C(=C\C=C(C)\C(N)=C(\CCC)CNC(=O)OCc1ccccc1)NC=O.CNC.O=C(O)C1CCCCC1. The number of amides is 2. The normalized spacial score (nSPS) is 14.1. The van der Waals surface area contributed by atoms with E-state index in [-0.39, 0.29) is 12.5 Å². The highest BCUT2D eigenvalue weighted by Gasteiger charge is 2.19. The monoisotopic (exact) mass is 628 g/mol. The Morgan fingerprint density at radius 3 is 2.09 bits per heavy atom. The van der Waals surface area contributed by atoms with Crippen LogP contribution in [-0.2, 0) is 20.9 Å². The molecule has 9 heteroatoms. The van der Waals surface area contributed by atoms with Crippen molar-refractivity contribution in [2.24, 2.45) is 11.7 Å². The summed E-state index contributed by atoms with van der Waals surface area (Å²) in [5, 5.41) is 16.8. The Morgan fingerprint density at radius 2 is 1.60 bits per heavy atom. The number of benzene rings is 1. The van der Waals surface area contributed by atoms with Gasteiger partial charge in [0.15, 0.2) is 0 Å². The van der Waals surface area contributed by atoms with Crippen molar-refractivity contribution >= 4 is 18.5 Å². The highest BCUT2D eigenvalue weighted by atomic mass is 16.5. The number of aliphatic carboxylic acids is 1. The molecular formula is C36H60N4O5. The standard InChI is InChI=1S/C25H35N3O3.C7H12O2.C2H7N.C2H6/c1-5-10-19(3)23(28-18-29)15-14-20(4)24(26)22(11-6-2)16-27-25(30)31-17-21-12-8-7-9-13-21;8-7(9)6-4-2-1-3-5-6;1-3-2;1-2/h7-10,12-15,18H,5-6,11,16-17,26H2,1-4H3,(H,27,30)(H,28,29);6H,1-5H2,(H,8,9);3H,1-2H3;1-2H3/b19-10+,20-14+,23-15+,24-22+;;;. The minimum atomic E-state index is -0.602. The molecule has 254 valence electrons. The van der Waals surface area contributed by atoms with E-state index in [1.807, 2.05) is 97.3 Å². The number of carboxylic acids is 1. The fourth-order valence-electron chi connectivity index (χ4n) is 4.27. The van der Waals surface area contributed by atoms with Crippen molar-refractivity contribution in [3.63, 3.8) is 0 Å². The number of ether oxygens (including phenoxy) is 1. The number of nitrogens with one attached hydrogen (secondary N) is 3. The number of alkyl carbamates (subject to hydrolysis) is 1. The lowest BCUT2D eigenvalue weighted by molar-refractivity contribution is -0.142. The van der Waals surface area contributed by atoms with Gasteiger partial charge in [0.2, 0.25) is 6.41 Å². The average Bonchev–Trinajstić information content (AvgIpc) is 3.06. The quantitative estimate of drug-likeness (QED) is 0.113. The van der Waals surface area contributed by atoms with Crippen LogP contribution in [0.4, 0.5) is 4.79 Å². The predicted molar refractivity (Wildman–Crippen MR) is 186 cm³/mol. The van der Waals surface area contributed by atoms with Crippen LogP contribution in [0.5, 0.6) is 0 Å². The van der Waals surface area contributed by atoms with Crippen LogP contribution < -0.4 is 21.7 Å². The Kier molecular flexibility index (Phi) is 27.8. The molecule has 0 bridgehead atoms. The van der Waals surface area contributed by atoms with Crippen molar-refractivity contribution < 1.29 is 24.2 Å². The van der Waals surface area contributed by atoms with Gasteiger partial charge in [-0.2, -0.15) is 0 Å². The lowest BCUT2D eigenvalue weighted by atomic mass is 9.90. The maximum Gasteiger partial charge on any atom is 0.407 e. The number of carbonyl (C=O) groups is 3. The summed E-state index contributed by atoms with van der Waals surface area (Å²) in [6.45, 7) is 12.5. The Bertz CT molecular complexity index is 1070. The second-order valence-corrected chi connectivity index (χ2v) is 10.3. The number of rotatable bonds is 13. The molecule has 2 amide bonds. The summed E-state index contributed by atoms with van der Waals surface area (Å²) < 4.78 is 5.27. The van der Waals surface area contributed by atoms with Crippen LogP contribution in [0.1, 0.15) is 98.5 Å². The zero-order valence-electron chi connectivity index (χ0n) is 29.0. The summed E-state index contributed by atoms with van der Waals surface area (Å²) in [4.78, 5) is 33.3. The van der Waals surface area contributed by atoms with Gasteiger partial charge in [0.25, 0.3) is 0 Å². The van der Waals surface area contributed by atoms with E-state index in [1.54, 1.807) is 0 Å². The Morgan fingerprint density at radius 1 is 1.00 bits per heavy atom. The van der Waals surface area contributed by atoms with Crippen molar-refractivity contribution in [1.29, 1.82) is 0 Å². The molecule has 0 spiro atoms. The molecule has 9 nitrogen and oxygen atoms in total. The van der Waals surface area contributed by atoms with E-state index in [9.17, 15) is 14.4 Å². The van der Waals surface area contributed by atoms with Gasteiger partial charge in [-0.3, -0.25) is 9.59 Å². The zero-order chi connectivity index (χ0) is 34.5. The van der Waals surface area contributed by atoms with Gasteiger partial charge in [0, 0.05) is 17.9 Å². The Hall–Kier alpha value is -3.85. The van der Waals surface area contributed by atoms with Gasteiger partial charge in [-0.1, -0.05) is 95.9 Å². The van der Waals surface area contributed by atoms with Crippen LogP contribution in [0.25, 0.3) is 0 Å². The van der Waals surface area contributed by atoms with Gasteiger partial charge in [0.1, 0.15) is 6.61 Å². The molecular weight excluding hydrogens is 568 g/mol. The molecule has 0 unspecified atom stereocenters. The fraction of sp³-hybridized carbons (Fsp3) is 0.528. The van der Waals surface area contributed by atoms with Crippen molar-refractivity contribution in [1.82, 2.24) is 16.0 Å². The van der Waals surface area contributed by atoms with E-state index in [4.69, 9.17) is 15.6 Å². The average molecular weight is 629 g/mol. The van der Waals surface area contributed by atoms with Gasteiger partial charge >= 0.3 is 12.1 Å². The second-order valence-electron chi connectivity index (χ2n) is 10.3. The maximum atomic E-state index is 12.1. The smallest absolute Gasteiger partial charge is 0.407 e. The summed E-state index contributed by atoms with van der Waals surface area (Å²) >= 11 is 0. The summed E-state index contributed by atoms with van der Waals surface area (Å²) in [6.07, 6.45) is 13.7. The topological polar surface area (TPSA) is 143 Å². The van der Waals surface area contributed by atoms with Crippen LogP contribution >= 0.6 is 0 Å². The van der Waals surface area contributed by atoms with E-state index in [0.29, 0.717) is 18.7 Å². The number of allylic oxidation sites excluding steroid dienone is 5. The van der Waals surface area contributed by atoms with E-state index < -0.39 is 12.1 Å². The molecule has 1 aliphatic rings. The molecule has 0 aliphatic heterocycles. The third-order valence-electron chi connectivity index (χ3n) is 6.62. The van der Waals surface area contributed by atoms with Crippen LogP contribution in [0, 0.1) is 5.92 Å². The van der Waals surface area contributed by atoms with Crippen molar-refractivity contribution in [3.8, 4) is 0 Å². The first kappa shape index (κ1) is 43.3. The van der Waals surface area contributed by atoms with Crippen LogP contribution in [0.2, 0.25) is 0 Å². The second kappa shape index (κ2) is 28.9. The maximum absolute atomic E-state index is 12.1. The van der Waals surface area contributed by atoms with Crippen molar-refractivity contribution in [2.45, 2.75) is 99.5 Å². The van der Waals surface area contributed by atoms with Gasteiger partial charge in [0.05, 0.1) is 5.92 Å². The summed E-state index contributed by atoms with van der Waals surface area (Å²) in [6, 6.07) is 9.52. The molecule has 0 saturated heterocycles. The van der Waals surface area contributed by atoms with E-state index >= 15 is 0 Å². The molecule has 1 saturated carbocycles. The molecule has 45 heavy (non-hydrogen) atoms. The van der Waals surface area contributed by atoms with Crippen molar-refractivity contribution in [2.75, 3.05) is 20.6 Å². The van der Waals surface area contributed by atoms with Crippen molar-refractivity contribution in [3.05, 3.63) is 82.2 Å². The van der Waals surface area contributed by atoms with Crippen LogP contribution in [-0.4, -0.2) is 44.2 Å². The molecule has 2 rings (SSSR count). The van der Waals surface area contributed by atoms with Gasteiger partial charge in [-0.05, 0) is 82.0 Å². The summed E-state index contributed by atoms with van der Waals surface area (Å²) in [7, 11) is 3.75. The Labute approximate surface area is 272 Å². The van der Waals surface area contributed by atoms with Crippen LogP contribution in [0.15, 0.2) is 76.7 Å². The third-order valence-corrected chi connectivity index (χ3v) is 6.62. The van der Waals surface area contributed by atoms with Gasteiger partial charge < -0.3 is 31.5 Å². The lowest BCUT2D eigenvalue weighted by Gasteiger charge is -2.16. The first-order valence-electron chi connectivity index (χ1n) is 16.1. The summed E-state index contributed by atoms with van der Waals surface area (Å²) in [5.41, 5.74) is 11.4. The largest absolute Gasteiger partial charge is 0.481 e. The highest BCUT2D eigenvalue weighted by Crippen LogP contribution is 2.23. The van der Waals surface area contributed by atoms with Crippen LogP contribution in [0.3, 0.4) is 0 Å². The Balaban J connectivity index is 0.